The zero-order chi connectivity index (χ0) is 9.56. The lowest BCUT2D eigenvalue weighted by Crippen LogP contribution is -2.30. The van der Waals surface area contributed by atoms with Crippen molar-refractivity contribution < 1.29 is 18.8 Å². The third kappa shape index (κ3) is 4.49. The van der Waals surface area contributed by atoms with Crippen LogP contribution in [0.15, 0.2) is 0 Å². The number of methoxy groups -OCH3 is 2. The van der Waals surface area contributed by atoms with Crippen LogP contribution < -0.4 is 5.09 Å². The molecule has 0 aliphatic rings. The first-order valence-electron chi connectivity index (χ1n) is 3.48. The van der Waals surface area contributed by atoms with Crippen LogP contribution in [0.5, 0.6) is 0 Å². The molecule has 0 bridgehead atoms. The van der Waals surface area contributed by atoms with E-state index in [9.17, 15) is 9.36 Å². The van der Waals surface area contributed by atoms with Crippen molar-refractivity contribution in [2.75, 3.05) is 20.6 Å². The fourth-order valence-corrected chi connectivity index (χ4v) is 1.60. The van der Waals surface area contributed by atoms with Crippen molar-refractivity contribution in [1.82, 2.24) is 5.09 Å². The van der Waals surface area contributed by atoms with Gasteiger partial charge in [-0.3, -0.25) is 9.88 Å². The highest BCUT2D eigenvalue weighted by Gasteiger charge is 2.14. The standard InChI is InChI=1S/C6H14NO4P/c1-5(6(8)11-3)7-12(9)4-10-2/h5,12H,4H2,1-3H3,(H,7,9). The summed E-state index contributed by atoms with van der Waals surface area (Å²) in [5.74, 6) is -0.426. The second-order valence-corrected chi connectivity index (χ2v) is 3.67. The van der Waals surface area contributed by atoms with E-state index in [-0.39, 0.29) is 6.35 Å². The van der Waals surface area contributed by atoms with Crippen LogP contribution in [0, 0.1) is 0 Å². The molecule has 0 rings (SSSR count). The van der Waals surface area contributed by atoms with Gasteiger partial charge in [0.15, 0.2) is 7.95 Å². The van der Waals surface area contributed by atoms with Crippen LogP contribution in [0.4, 0.5) is 0 Å². The number of ether oxygens (including phenoxy) is 2. The first kappa shape index (κ1) is 11.6. The number of hydrogen-bond donors (Lipinski definition) is 1. The van der Waals surface area contributed by atoms with Gasteiger partial charge in [-0.15, -0.1) is 0 Å². The Morgan fingerprint density at radius 3 is 2.58 bits per heavy atom. The SMILES string of the molecule is COC[PH](=O)NC(C)C(=O)OC. The maximum absolute atomic E-state index is 11.0. The van der Waals surface area contributed by atoms with E-state index < -0.39 is 20.0 Å². The van der Waals surface area contributed by atoms with Crippen molar-refractivity contribution in [2.24, 2.45) is 0 Å². The summed E-state index contributed by atoms with van der Waals surface area (Å²) in [5.41, 5.74) is 0. The molecule has 0 heterocycles. The van der Waals surface area contributed by atoms with Crippen LogP contribution in [0.2, 0.25) is 0 Å². The number of carbonyl (C=O) groups is 1. The average Bonchev–Trinajstić information content (AvgIpc) is 2.03. The minimum absolute atomic E-state index is 0.131. The summed E-state index contributed by atoms with van der Waals surface area (Å²) in [6, 6.07) is -0.545. The highest BCUT2D eigenvalue weighted by molar-refractivity contribution is 7.42. The molecule has 0 fully saturated rings. The normalized spacial score (nSPS) is 15.2. The molecule has 12 heavy (non-hydrogen) atoms. The number of hydrogen-bond acceptors (Lipinski definition) is 4. The van der Waals surface area contributed by atoms with Gasteiger partial charge in [0.05, 0.1) is 7.11 Å². The molecule has 0 radical (unpaired) electrons. The van der Waals surface area contributed by atoms with Crippen molar-refractivity contribution in [3.8, 4) is 0 Å². The summed E-state index contributed by atoms with van der Waals surface area (Å²) in [6.45, 7) is 1.59. The minimum atomic E-state index is -2.02. The number of carbonyl (C=O) groups excluding carboxylic acids is 1. The monoisotopic (exact) mass is 195 g/mol. The van der Waals surface area contributed by atoms with E-state index in [0.29, 0.717) is 0 Å². The van der Waals surface area contributed by atoms with E-state index in [1.165, 1.54) is 14.2 Å². The van der Waals surface area contributed by atoms with Crippen molar-refractivity contribution >= 4 is 13.9 Å². The van der Waals surface area contributed by atoms with Crippen LogP contribution in [0.25, 0.3) is 0 Å². The highest BCUT2D eigenvalue weighted by atomic mass is 31.1. The van der Waals surface area contributed by atoms with Crippen LogP contribution in [0.1, 0.15) is 6.92 Å². The van der Waals surface area contributed by atoms with Gasteiger partial charge in [0.25, 0.3) is 0 Å². The zero-order valence-corrected chi connectivity index (χ0v) is 8.42. The van der Waals surface area contributed by atoms with E-state index in [0.717, 1.165) is 0 Å². The third-order valence-electron chi connectivity index (χ3n) is 1.21. The summed E-state index contributed by atoms with van der Waals surface area (Å²) >= 11 is 0. The third-order valence-corrected chi connectivity index (χ3v) is 2.51. The van der Waals surface area contributed by atoms with Gasteiger partial charge in [-0.05, 0) is 6.92 Å². The highest BCUT2D eigenvalue weighted by Crippen LogP contribution is 2.14. The molecule has 72 valence electrons. The molecule has 0 aromatic heterocycles. The molecule has 5 nitrogen and oxygen atoms in total. The molecule has 0 amide bonds. The quantitative estimate of drug-likeness (QED) is 0.502. The molecule has 2 atom stereocenters. The second-order valence-electron chi connectivity index (χ2n) is 2.25. The van der Waals surface area contributed by atoms with Crippen LogP contribution in [-0.2, 0) is 18.8 Å². The van der Waals surface area contributed by atoms with Crippen LogP contribution in [-0.4, -0.2) is 32.6 Å². The Bertz CT molecular complexity index is 173. The smallest absolute Gasteiger partial charge is 0.322 e. The molecule has 6 heteroatoms. The summed E-state index contributed by atoms with van der Waals surface area (Å²) in [5, 5.41) is 2.58. The lowest BCUT2D eigenvalue weighted by molar-refractivity contribution is -0.142. The summed E-state index contributed by atoms with van der Waals surface area (Å²) in [7, 11) is 0.720. The largest absolute Gasteiger partial charge is 0.468 e. The van der Waals surface area contributed by atoms with Gasteiger partial charge in [-0.1, -0.05) is 0 Å². The Kier molecular flexibility index (Phi) is 5.98. The fourth-order valence-electron chi connectivity index (χ4n) is 0.650. The molecule has 0 aromatic carbocycles. The fraction of sp³-hybridized carbons (Fsp3) is 0.833. The molecule has 1 N–H and O–H groups in total. The van der Waals surface area contributed by atoms with Gasteiger partial charge in [-0.2, -0.15) is 0 Å². The van der Waals surface area contributed by atoms with Crippen molar-refractivity contribution in [1.29, 1.82) is 0 Å². The van der Waals surface area contributed by atoms with E-state index in [2.05, 4.69) is 14.6 Å². The van der Waals surface area contributed by atoms with Crippen molar-refractivity contribution in [2.45, 2.75) is 13.0 Å². The Morgan fingerprint density at radius 1 is 1.58 bits per heavy atom. The molecule has 0 saturated heterocycles. The molecular formula is C6H14NO4P. The van der Waals surface area contributed by atoms with Gasteiger partial charge in [-0.25, -0.2) is 0 Å². The predicted octanol–water partition coefficient (Wildman–Crippen LogP) is 0.216. The molecule has 0 aliphatic heterocycles. The van der Waals surface area contributed by atoms with Gasteiger partial charge >= 0.3 is 5.97 Å². The molecule has 0 aromatic rings. The lowest BCUT2D eigenvalue weighted by Gasteiger charge is -2.10. The molecule has 0 aliphatic carbocycles. The average molecular weight is 195 g/mol. The first-order chi connectivity index (χ1) is 5.61. The van der Waals surface area contributed by atoms with Gasteiger partial charge < -0.3 is 14.0 Å². The maximum Gasteiger partial charge on any atom is 0.322 e. The van der Waals surface area contributed by atoms with E-state index in [4.69, 9.17) is 0 Å². The maximum atomic E-state index is 11.0. The van der Waals surface area contributed by atoms with Gasteiger partial charge in [0.1, 0.15) is 12.4 Å². The summed E-state index contributed by atoms with van der Waals surface area (Å²) in [6.07, 6.45) is 0.131. The van der Waals surface area contributed by atoms with Crippen LogP contribution in [0.3, 0.4) is 0 Å². The van der Waals surface area contributed by atoms with E-state index in [1.807, 2.05) is 0 Å². The first-order valence-corrected chi connectivity index (χ1v) is 5.09. The van der Waals surface area contributed by atoms with Gasteiger partial charge in [0, 0.05) is 7.11 Å². The number of nitrogens with one attached hydrogen (secondary N) is 1. The Labute approximate surface area is 72.3 Å². The molecular weight excluding hydrogens is 181 g/mol. The molecule has 0 spiro atoms. The molecule has 0 saturated carbocycles. The Balaban J connectivity index is 3.75. The second kappa shape index (κ2) is 6.17. The van der Waals surface area contributed by atoms with E-state index in [1.54, 1.807) is 6.92 Å². The minimum Gasteiger partial charge on any atom is -0.468 e. The summed E-state index contributed by atoms with van der Waals surface area (Å²) < 4.78 is 20.1. The number of esters is 1. The van der Waals surface area contributed by atoms with Crippen molar-refractivity contribution in [3.05, 3.63) is 0 Å². The van der Waals surface area contributed by atoms with Gasteiger partial charge in [0.2, 0.25) is 0 Å². The predicted molar refractivity (Wildman–Crippen MR) is 45.5 cm³/mol. The topological polar surface area (TPSA) is 64.6 Å². The Hall–Kier alpha value is -0.380. The summed E-state index contributed by atoms with van der Waals surface area (Å²) in [4.78, 5) is 10.8. The number of rotatable bonds is 5. The van der Waals surface area contributed by atoms with Crippen LogP contribution >= 0.6 is 7.95 Å². The van der Waals surface area contributed by atoms with Crippen molar-refractivity contribution in [3.63, 3.8) is 0 Å². The Morgan fingerprint density at radius 2 is 2.17 bits per heavy atom. The lowest BCUT2D eigenvalue weighted by atomic mass is 10.4. The molecule has 2 unspecified atom stereocenters. The zero-order valence-electron chi connectivity index (χ0n) is 7.42. The van der Waals surface area contributed by atoms with E-state index >= 15 is 0 Å².